The zero-order valence-corrected chi connectivity index (χ0v) is 11.6. The Morgan fingerprint density at radius 1 is 1.32 bits per heavy atom. The van der Waals surface area contributed by atoms with E-state index in [1.807, 2.05) is 0 Å². The van der Waals surface area contributed by atoms with E-state index in [1.165, 1.54) is 6.07 Å². The number of rotatable bonds is 2. The highest BCUT2D eigenvalue weighted by Gasteiger charge is 2.33. The summed E-state index contributed by atoms with van der Waals surface area (Å²) < 4.78 is 43.1. The highest BCUT2D eigenvalue weighted by molar-refractivity contribution is 5.38. The average Bonchev–Trinajstić information content (AvgIpc) is 2.93. The SMILES string of the molecule is Cc1nc(C2CN(c3ccc(C(F)(F)F)nn3)CCO2)n[nH]1. The summed E-state index contributed by atoms with van der Waals surface area (Å²) in [6.45, 7) is 3.09. The van der Waals surface area contributed by atoms with Gasteiger partial charge in [-0.05, 0) is 19.1 Å². The first-order valence-corrected chi connectivity index (χ1v) is 6.60. The number of H-pyrrole nitrogens is 1. The quantitative estimate of drug-likeness (QED) is 0.905. The van der Waals surface area contributed by atoms with Crippen LogP contribution in [0, 0.1) is 6.92 Å². The summed E-state index contributed by atoms with van der Waals surface area (Å²) >= 11 is 0. The maximum Gasteiger partial charge on any atom is 0.435 e. The van der Waals surface area contributed by atoms with Gasteiger partial charge in [-0.25, -0.2) is 4.98 Å². The van der Waals surface area contributed by atoms with E-state index in [2.05, 4.69) is 25.4 Å². The third-order valence-electron chi connectivity index (χ3n) is 3.23. The highest BCUT2D eigenvalue weighted by atomic mass is 19.4. The number of hydrogen-bond acceptors (Lipinski definition) is 6. The second-order valence-electron chi connectivity index (χ2n) is 4.86. The molecule has 0 amide bonds. The molecule has 22 heavy (non-hydrogen) atoms. The number of nitrogens with zero attached hydrogens (tertiary/aromatic N) is 5. The monoisotopic (exact) mass is 314 g/mol. The Hall–Kier alpha value is -2.23. The third kappa shape index (κ3) is 3.01. The number of aryl methyl sites for hydroxylation is 1. The fraction of sp³-hybridized carbons (Fsp3) is 0.500. The third-order valence-corrected chi connectivity index (χ3v) is 3.23. The molecule has 7 nitrogen and oxygen atoms in total. The van der Waals surface area contributed by atoms with E-state index in [9.17, 15) is 13.2 Å². The summed E-state index contributed by atoms with van der Waals surface area (Å²) in [5.74, 6) is 1.56. The second-order valence-corrected chi connectivity index (χ2v) is 4.86. The number of aromatic nitrogens is 5. The number of morpholine rings is 1. The summed E-state index contributed by atoms with van der Waals surface area (Å²) in [5.41, 5.74) is -1.01. The van der Waals surface area contributed by atoms with Crippen molar-refractivity contribution in [1.29, 1.82) is 0 Å². The first-order valence-electron chi connectivity index (χ1n) is 6.60. The molecule has 2 aromatic heterocycles. The van der Waals surface area contributed by atoms with Gasteiger partial charge in [0.25, 0.3) is 0 Å². The molecule has 0 radical (unpaired) electrons. The Balaban J connectivity index is 1.74. The molecule has 0 spiro atoms. The van der Waals surface area contributed by atoms with Crippen molar-refractivity contribution in [3.05, 3.63) is 29.5 Å². The van der Waals surface area contributed by atoms with Gasteiger partial charge in [-0.2, -0.15) is 18.3 Å². The Bertz CT molecular complexity index is 641. The van der Waals surface area contributed by atoms with Crippen LogP contribution in [0.25, 0.3) is 0 Å². The van der Waals surface area contributed by atoms with Crippen LogP contribution in [0.5, 0.6) is 0 Å². The molecule has 1 atom stereocenters. The molecule has 0 aliphatic carbocycles. The van der Waals surface area contributed by atoms with Gasteiger partial charge in [-0.1, -0.05) is 0 Å². The molecule has 0 bridgehead atoms. The largest absolute Gasteiger partial charge is 0.435 e. The van der Waals surface area contributed by atoms with E-state index >= 15 is 0 Å². The van der Waals surface area contributed by atoms with E-state index < -0.39 is 11.9 Å². The molecule has 1 fully saturated rings. The number of halogens is 3. The van der Waals surface area contributed by atoms with Gasteiger partial charge < -0.3 is 9.64 Å². The van der Waals surface area contributed by atoms with Crippen LogP contribution in [0.1, 0.15) is 23.4 Å². The Kier molecular flexibility index (Phi) is 3.69. The van der Waals surface area contributed by atoms with Crippen LogP contribution in [-0.4, -0.2) is 45.1 Å². The van der Waals surface area contributed by atoms with Crippen LogP contribution >= 0.6 is 0 Å². The highest BCUT2D eigenvalue weighted by Crippen LogP contribution is 2.28. The first-order chi connectivity index (χ1) is 10.4. The van der Waals surface area contributed by atoms with Crippen molar-refractivity contribution in [2.45, 2.75) is 19.2 Å². The van der Waals surface area contributed by atoms with Gasteiger partial charge >= 0.3 is 6.18 Å². The Morgan fingerprint density at radius 3 is 2.73 bits per heavy atom. The van der Waals surface area contributed by atoms with Crippen molar-refractivity contribution in [1.82, 2.24) is 25.4 Å². The van der Waals surface area contributed by atoms with Crippen molar-refractivity contribution >= 4 is 5.82 Å². The topological polar surface area (TPSA) is 79.8 Å². The molecule has 1 unspecified atom stereocenters. The maximum atomic E-state index is 12.5. The number of aromatic amines is 1. The van der Waals surface area contributed by atoms with E-state index in [1.54, 1.807) is 11.8 Å². The summed E-state index contributed by atoms with van der Waals surface area (Å²) in [6, 6.07) is 2.23. The number of alkyl halides is 3. The zero-order valence-electron chi connectivity index (χ0n) is 11.6. The fourth-order valence-corrected chi connectivity index (χ4v) is 2.16. The van der Waals surface area contributed by atoms with E-state index in [-0.39, 0.29) is 6.10 Å². The standard InChI is InChI=1S/C12H13F3N6O/c1-7-16-11(20-17-7)8-6-21(4-5-22-8)10-3-2-9(18-19-10)12(13,14)15/h2-3,8H,4-6H2,1H3,(H,16,17,20). The lowest BCUT2D eigenvalue weighted by Crippen LogP contribution is -2.39. The molecule has 3 rings (SSSR count). The molecule has 1 saturated heterocycles. The van der Waals surface area contributed by atoms with Crippen LogP contribution in [0.4, 0.5) is 19.0 Å². The predicted molar refractivity (Wildman–Crippen MR) is 69.1 cm³/mol. The Morgan fingerprint density at radius 2 is 2.14 bits per heavy atom. The van der Waals surface area contributed by atoms with Crippen LogP contribution < -0.4 is 4.90 Å². The number of ether oxygens (including phenoxy) is 1. The smallest absolute Gasteiger partial charge is 0.366 e. The first kappa shape index (κ1) is 14.7. The normalized spacial score (nSPS) is 19.5. The molecule has 3 heterocycles. The number of anilines is 1. The minimum atomic E-state index is -4.49. The van der Waals surface area contributed by atoms with Gasteiger partial charge in [-0.15, -0.1) is 10.2 Å². The van der Waals surface area contributed by atoms with Crippen LogP contribution in [0.15, 0.2) is 12.1 Å². The van der Waals surface area contributed by atoms with Crippen LogP contribution in [-0.2, 0) is 10.9 Å². The summed E-state index contributed by atoms with van der Waals surface area (Å²) in [4.78, 5) is 6.00. The van der Waals surface area contributed by atoms with Crippen molar-refractivity contribution in [2.24, 2.45) is 0 Å². The van der Waals surface area contributed by atoms with Gasteiger partial charge in [0.05, 0.1) is 13.2 Å². The van der Waals surface area contributed by atoms with Gasteiger partial charge in [-0.3, -0.25) is 5.10 Å². The fourth-order valence-electron chi connectivity index (χ4n) is 2.16. The van der Waals surface area contributed by atoms with Gasteiger partial charge in [0.2, 0.25) is 0 Å². The maximum absolute atomic E-state index is 12.5. The lowest BCUT2D eigenvalue weighted by Gasteiger charge is -2.32. The van der Waals surface area contributed by atoms with Crippen molar-refractivity contribution in [3.63, 3.8) is 0 Å². The minimum Gasteiger partial charge on any atom is -0.366 e. The molecule has 0 aromatic carbocycles. The molecule has 1 N–H and O–H groups in total. The average molecular weight is 314 g/mol. The van der Waals surface area contributed by atoms with E-state index in [0.29, 0.717) is 37.2 Å². The molecule has 1 aliphatic heterocycles. The van der Waals surface area contributed by atoms with Crippen molar-refractivity contribution < 1.29 is 17.9 Å². The van der Waals surface area contributed by atoms with Gasteiger partial charge in [0, 0.05) is 6.54 Å². The predicted octanol–water partition coefficient (Wildman–Crippen LogP) is 1.50. The van der Waals surface area contributed by atoms with Gasteiger partial charge in [0.15, 0.2) is 17.3 Å². The van der Waals surface area contributed by atoms with Crippen molar-refractivity contribution in [3.8, 4) is 0 Å². The van der Waals surface area contributed by atoms with Crippen LogP contribution in [0.3, 0.4) is 0 Å². The second kappa shape index (κ2) is 5.52. The molecular weight excluding hydrogens is 301 g/mol. The lowest BCUT2D eigenvalue weighted by molar-refractivity contribution is -0.141. The van der Waals surface area contributed by atoms with E-state index in [4.69, 9.17) is 4.74 Å². The summed E-state index contributed by atoms with van der Waals surface area (Å²) in [6.07, 6.45) is -4.85. The molecule has 10 heteroatoms. The minimum absolute atomic E-state index is 0.359. The number of hydrogen-bond donors (Lipinski definition) is 1. The molecule has 118 valence electrons. The van der Waals surface area contributed by atoms with Gasteiger partial charge in [0.1, 0.15) is 11.9 Å². The van der Waals surface area contributed by atoms with Crippen molar-refractivity contribution in [2.75, 3.05) is 24.6 Å². The number of nitrogens with one attached hydrogen (secondary N) is 1. The van der Waals surface area contributed by atoms with E-state index in [0.717, 1.165) is 6.07 Å². The van der Waals surface area contributed by atoms with Crippen LogP contribution in [0.2, 0.25) is 0 Å². The zero-order chi connectivity index (χ0) is 15.7. The molecular formula is C12H13F3N6O. The molecule has 0 saturated carbocycles. The Labute approximate surface area is 123 Å². The lowest BCUT2D eigenvalue weighted by atomic mass is 10.2. The summed E-state index contributed by atoms with van der Waals surface area (Å²) in [7, 11) is 0. The summed E-state index contributed by atoms with van der Waals surface area (Å²) in [5, 5.41) is 13.7. The molecule has 2 aromatic rings. The molecule has 1 aliphatic rings.